The van der Waals surface area contributed by atoms with E-state index in [1.54, 1.807) is 0 Å². The molecule has 2 aromatic rings. The molecule has 0 aromatic heterocycles. The van der Waals surface area contributed by atoms with Gasteiger partial charge in [-0.15, -0.1) is 0 Å². The number of hydrogen-bond donors (Lipinski definition) is 1. The first-order valence-electron chi connectivity index (χ1n) is 8.51. The van der Waals surface area contributed by atoms with Gasteiger partial charge in [-0.2, -0.15) is 0 Å². The van der Waals surface area contributed by atoms with E-state index in [-0.39, 0.29) is 15.7 Å². The number of sulfonamides is 1. The Morgan fingerprint density at radius 3 is 2.08 bits per heavy atom. The van der Waals surface area contributed by atoms with Crippen LogP contribution in [0.3, 0.4) is 0 Å². The van der Waals surface area contributed by atoms with Crippen LogP contribution >= 0.6 is 0 Å². The standard InChI is InChI=1S/C19H26N2O3S2/c1-5-16-9-11-17(12-10-16)21(14-15(2)3)26(23,24)19-8-6-7-18(13-19)25(4,20)22/h6-13,15,20H,5,14H2,1-4H3. The van der Waals surface area contributed by atoms with Crippen molar-refractivity contribution in [3.05, 3.63) is 54.1 Å². The molecule has 0 aliphatic rings. The van der Waals surface area contributed by atoms with Crippen molar-refractivity contribution in [3.63, 3.8) is 0 Å². The minimum absolute atomic E-state index is 0.0528. The van der Waals surface area contributed by atoms with Crippen LogP contribution in [0.4, 0.5) is 5.69 Å². The maximum Gasteiger partial charge on any atom is 0.264 e. The van der Waals surface area contributed by atoms with Crippen molar-refractivity contribution in [2.45, 2.75) is 37.0 Å². The summed E-state index contributed by atoms with van der Waals surface area (Å²) in [6.07, 6.45) is 2.17. The molecule has 2 rings (SSSR count). The van der Waals surface area contributed by atoms with Crippen LogP contribution in [-0.4, -0.2) is 25.4 Å². The molecule has 0 aliphatic carbocycles. The molecule has 5 nitrogen and oxygen atoms in total. The van der Waals surface area contributed by atoms with Gasteiger partial charge in [0.25, 0.3) is 10.0 Å². The second-order valence-corrected chi connectivity index (χ2v) is 10.8. The average molecular weight is 395 g/mol. The molecule has 0 amide bonds. The molecule has 26 heavy (non-hydrogen) atoms. The zero-order valence-electron chi connectivity index (χ0n) is 15.6. The highest BCUT2D eigenvalue weighted by molar-refractivity contribution is 7.93. The molecule has 0 aliphatic heterocycles. The summed E-state index contributed by atoms with van der Waals surface area (Å²) in [7, 11) is -6.82. The number of nitrogens with zero attached hydrogens (tertiary/aromatic N) is 1. The van der Waals surface area contributed by atoms with Gasteiger partial charge in [-0.05, 0) is 48.2 Å². The minimum atomic E-state index is -3.83. The molecule has 7 heteroatoms. The fraction of sp³-hybridized carbons (Fsp3) is 0.368. The fourth-order valence-corrected chi connectivity index (χ4v) is 5.02. The predicted molar refractivity (Wildman–Crippen MR) is 107 cm³/mol. The van der Waals surface area contributed by atoms with Crippen molar-refractivity contribution in [1.82, 2.24) is 0 Å². The monoisotopic (exact) mass is 394 g/mol. The highest BCUT2D eigenvalue weighted by Gasteiger charge is 2.26. The molecular formula is C19H26N2O3S2. The number of nitrogens with one attached hydrogen (secondary N) is 1. The highest BCUT2D eigenvalue weighted by atomic mass is 32.2. The summed E-state index contributed by atoms with van der Waals surface area (Å²) in [4.78, 5) is 0.265. The Bertz CT molecular complexity index is 964. The lowest BCUT2D eigenvalue weighted by Gasteiger charge is -2.26. The Morgan fingerprint density at radius 1 is 1.00 bits per heavy atom. The average Bonchev–Trinajstić information content (AvgIpc) is 2.59. The van der Waals surface area contributed by atoms with Crippen molar-refractivity contribution in [2.75, 3.05) is 17.1 Å². The summed E-state index contributed by atoms with van der Waals surface area (Å²) in [6.45, 7) is 6.30. The smallest absolute Gasteiger partial charge is 0.264 e. The topological polar surface area (TPSA) is 78.3 Å². The summed E-state index contributed by atoms with van der Waals surface area (Å²) < 4.78 is 47.7. The van der Waals surface area contributed by atoms with E-state index in [9.17, 15) is 12.6 Å². The van der Waals surface area contributed by atoms with Crippen molar-refractivity contribution in [2.24, 2.45) is 5.92 Å². The first kappa shape index (κ1) is 20.5. The SMILES string of the molecule is CCc1ccc(N(CC(C)C)S(=O)(=O)c2cccc(S(C)(=N)=O)c2)cc1. The molecule has 1 unspecified atom stereocenters. The molecule has 1 N–H and O–H groups in total. The number of rotatable bonds is 7. The van der Waals surface area contributed by atoms with E-state index < -0.39 is 19.8 Å². The van der Waals surface area contributed by atoms with Gasteiger partial charge in [0.15, 0.2) is 0 Å². The summed E-state index contributed by atoms with van der Waals surface area (Å²) >= 11 is 0. The minimum Gasteiger partial charge on any atom is -0.266 e. The Labute approximate surface area is 157 Å². The Balaban J connectivity index is 2.55. The van der Waals surface area contributed by atoms with Gasteiger partial charge in [0.1, 0.15) is 0 Å². The first-order valence-corrected chi connectivity index (χ1v) is 11.9. The maximum atomic E-state index is 13.3. The van der Waals surface area contributed by atoms with Gasteiger partial charge in [-0.25, -0.2) is 17.4 Å². The first-order chi connectivity index (χ1) is 12.1. The summed E-state index contributed by atoms with van der Waals surface area (Å²) in [5, 5.41) is 0. The van der Waals surface area contributed by atoms with Crippen LogP contribution in [0.25, 0.3) is 0 Å². The van der Waals surface area contributed by atoms with Crippen LogP contribution in [0.5, 0.6) is 0 Å². The molecule has 0 saturated heterocycles. The largest absolute Gasteiger partial charge is 0.266 e. The van der Waals surface area contributed by atoms with Crippen LogP contribution in [0, 0.1) is 10.7 Å². The number of aryl methyl sites for hydroxylation is 1. The fourth-order valence-electron chi connectivity index (χ4n) is 2.58. The molecule has 142 valence electrons. The van der Waals surface area contributed by atoms with E-state index in [2.05, 4.69) is 0 Å². The van der Waals surface area contributed by atoms with Crippen LogP contribution in [0.1, 0.15) is 26.3 Å². The van der Waals surface area contributed by atoms with Crippen LogP contribution < -0.4 is 4.31 Å². The van der Waals surface area contributed by atoms with Crippen LogP contribution in [0.15, 0.2) is 58.3 Å². The lowest BCUT2D eigenvalue weighted by atomic mass is 10.1. The van der Waals surface area contributed by atoms with E-state index in [0.717, 1.165) is 12.0 Å². The van der Waals surface area contributed by atoms with Crippen molar-refractivity contribution in [3.8, 4) is 0 Å². The predicted octanol–water partition coefficient (Wildman–Crippen LogP) is 4.14. The van der Waals surface area contributed by atoms with E-state index in [0.29, 0.717) is 12.2 Å². The van der Waals surface area contributed by atoms with E-state index in [4.69, 9.17) is 4.78 Å². The van der Waals surface area contributed by atoms with Gasteiger partial charge < -0.3 is 0 Å². The van der Waals surface area contributed by atoms with Gasteiger partial charge in [0.2, 0.25) is 0 Å². The lowest BCUT2D eigenvalue weighted by molar-refractivity contribution is 0.577. The molecule has 0 radical (unpaired) electrons. The van der Waals surface area contributed by atoms with Crippen molar-refractivity contribution < 1.29 is 12.6 Å². The lowest BCUT2D eigenvalue weighted by Crippen LogP contribution is -2.34. The van der Waals surface area contributed by atoms with E-state index in [1.807, 2.05) is 45.0 Å². The van der Waals surface area contributed by atoms with Gasteiger partial charge in [0, 0.05) is 17.7 Å². The van der Waals surface area contributed by atoms with Gasteiger partial charge in [-0.1, -0.05) is 39.0 Å². The van der Waals surface area contributed by atoms with E-state index >= 15 is 0 Å². The summed E-state index contributed by atoms with van der Waals surface area (Å²) in [5.41, 5.74) is 1.74. The second-order valence-electron chi connectivity index (χ2n) is 6.77. The Hall–Kier alpha value is -1.86. The highest BCUT2D eigenvalue weighted by Crippen LogP contribution is 2.27. The molecule has 0 spiro atoms. The molecule has 0 heterocycles. The normalized spacial score (nSPS) is 14.2. The number of anilines is 1. The molecular weight excluding hydrogens is 368 g/mol. The Morgan fingerprint density at radius 2 is 1.58 bits per heavy atom. The van der Waals surface area contributed by atoms with Crippen molar-refractivity contribution >= 4 is 25.4 Å². The van der Waals surface area contributed by atoms with Gasteiger partial charge >= 0.3 is 0 Å². The Kier molecular flexibility index (Phi) is 6.13. The molecule has 0 bridgehead atoms. The third kappa shape index (κ3) is 4.65. The molecule has 0 saturated carbocycles. The quantitative estimate of drug-likeness (QED) is 0.767. The summed E-state index contributed by atoms with van der Waals surface area (Å²) in [6, 6.07) is 13.4. The third-order valence-electron chi connectivity index (χ3n) is 4.01. The van der Waals surface area contributed by atoms with Crippen molar-refractivity contribution in [1.29, 1.82) is 4.78 Å². The molecule has 0 fully saturated rings. The van der Waals surface area contributed by atoms with Crippen LogP contribution in [0.2, 0.25) is 0 Å². The van der Waals surface area contributed by atoms with Gasteiger partial charge in [0.05, 0.1) is 20.3 Å². The number of benzene rings is 2. The van der Waals surface area contributed by atoms with Crippen LogP contribution in [-0.2, 0) is 26.2 Å². The third-order valence-corrected chi connectivity index (χ3v) is 6.95. The number of hydrogen-bond acceptors (Lipinski definition) is 4. The molecule has 1 atom stereocenters. The second kappa shape index (κ2) is 7.80. The maximum absolute atomic E-state index is 13.3. The molecule has 2 aromatic carbocycles. The van der Waals surface area contributed by atoms with Gasteiger partial charge in [-0.3, -0.25) is 4.31 Å². The zero-order chi connectivity index (χ0) is 19.5. The van der Waals surface area contributed by atoms with E-state index in [1.165, 1.54) is 34.8 Å². The summed E-state index contributed by atoms with van der Waals surface area (Å²) in [5.74, 6) is 0.130. The zero-order valence-corrected chi connectivity index (χ0v) is 17.2.